The normalized spacial score (nSPS) is 14.5. The summed E-state index contributed by atoms with van der Waals surface area (Å²) in [6.07, 6.45) is 7.03. The second-order valence-electron chi connectivity index (χ2n) is 3.31. The van der Waals surface area contributed by atoms with E-state index >= 15 is 0 Å². The number of unbranched alkanes of at least 4 members (excludes halogenated alkanes) is 5. The van der Waals surface area contributed by atoms with Gasteiger partial charge in [-0.15, -0.1) is 0 Å². The predicted octanol–water partition coefficient (Wildman–Crippen LogP) is 3.34. The summed E-state index contributed by atoms with van der Waals surface area (Å²) in [6.45, 7) is 2.17. The zero-order valence-electron chi connectivity index (χ0n) is 9.37. The van der Waals surface area contributed by atoms with E-state index < -0.39 is 7.60 Å². The van der Waals surface area contributed by atoms with E-state index in [-0.39, 0.29) is 6.15 Å². The first kappa shape index (κ1) is 16.5. The highest BCUT2D eigenvalue weighted by molar-refractivity contribution is 7.52. The molecule has 0 spiro atoms. The highest BCUT2D eigenvalue weighted by Crippen LogP contribution is 2.41. The van der Waals surface area contributed by atoms with E-state index in [1.807, 2.05) is 0 Å². The lowest BCUT2D eigenvalue weighted by Gasteiger charge is -2.07. The van der Waals surface area contributed by atoms with Crippen LogP contribution in [0.5, 0.6) is 0 Å². The third kappa shape index (κ3) is 10.2. The molecule has 0 bridgehead atoms. The molecule has 0 saturated carbocycles. The van der Waals surface area contributed by atoms with Crippen molar-refractivity contribution in [2.24, 2.45) is 0 Å². The van der Waals surface area contributed by atoms with Crippen molar-refractivity contribution in [1.29, 1.82) is 0 Å². The number of hydrogen-bond acceptors (Lipinski definition) is 3. The first-order valence-electron chi connectivity index (χ1n) is 5.00. The fourth-order valence-corrected chi connectivity index (χ4v) is 1.99. The molecule has 0 saturated heterocycles. The molecule has 0 aromatic heterocycles. The van der Waals surface area contributed by atoms with Crippen molar-refractivity contribution in [2.75, 3.05) is 13.3 Å². The van der Waals surface area contributed by atoms with E-state index in [0.717, 1.165) is 19.3 Å². The highest BCUT2D eigenvalue weighted by Gasteiger charge is 2.15. The Morgan fingerprint density at radius 3 is 2.14 bits per heavy atom. The molecule has 0 aromatic rings. The van der Waals surface area contributed by atoms with Gasteiger partial charge in [0, 0.05) is 13.3 Å². The van der Waals surface area contributed by atoms with Crippen LogP contribution in [-0.4, -0.2) is 18.2 Å². The van der Waals surface area contributed by atoms with Crippen LogP contribution in [0, 0.1) is 0 Å². The maximum Gasteiger partial charge on any atom is 0.327 e. The van der Waals surface area contributed by atoms with E-state index in [4.69, 9.17) is 4.89 Å². The molecule has 0 fully saturated rings. The average molecular weight is 225 g/mol. The lowest BCUT2D eigenvalue weighted by Crippen LogP contribution is -1.91. The Balaban J connectivity index is 0. The van der Waals surface area contributed by atoms with Gasteiger partial charge in [-0.1, -0.05) is 39.0 Å². The van der Waals surface area contributed by atoms with Gasteiger partial charge in [0.15, 0.2) is 0 Å². The SMILES string of the molecule is CCCCCCCCP(=O)(O)OC.N. The summed E-state index contributed by atoms with van der Waals surface area (Å²) in [5.74, 6) is 0. The van der Waals surface area contributed by atoms with Crippen molar-refractivity contribution in [1.82, 2.24) is 6.15 Å². The minimum absolute atomic E-state index is 0. The summed E-state index contributed by atoms with van der Waals surface area (Å²) in [7, 11) is -1.94. The Morgan fingerprint density at radius 2 is 1.64 bits per heavy atom. The van der Waals surface area contributed by atoms with Crippen molar-refractivity contribution in [2.45, 2.75) is 45.4 Å². The first-order valence-corrected chi connectivity index (χ1v) is 6.76. The summed E-state index contributed by atoms with van der Waals surface area (Å²) in [5.41, 5.74) is 0. The van der Waals surface area contributed by atoms with E-state index in [9.17, 15) is 4.57 Å². The third-order valence-electron chi connectivity index (χ3n) is 2.08. The molecule has 0 aliphatic carbocycles. The van der Waals surface area contributed by atoms with Crippen molar-refractivity contribution in [3.63, 3.8) is 0 Å². The molecule has 1 unspecified atom stereocenters. The molecule has 4 nitrogen and oxygen atoms in total. The molecule has 14 heavy (non-hydrogen) atoms. The maximum absolute atomic E-state index is 11.0. The van der Waals surface area contributed by atoms with Gasteiger partial charge >= 0.3 is 7.60 Å². The molecule has 0 radical (unpaired) electrons. The Kier molecular flexibility index (Phi) is 11.4. The second-order valence-corrected chi connectivity index (χ2v) is 5.40. The van der Waals surface area contributed by atoms with Crippen LogP contribution >= 0.6 is 7.60 Å². The minimum atomic E-state index is -3.23. The zero-order chi connectivity index (χ0) is 10.2. The fourth-order valence-electron chi connectivity index (χ4n) is 1.18. The summed E-state index contributed by atoms with van der Waals surface area (Å²) < 4.78 is 15.5. The molecule has 5 heteroatoms. The van der Waals surface area contributed by atoms with Crippen LogP contribution in [0.1, 0.15) is 45.4 Å². The van der Waals surface area contributed by atoms with Crippen molar-refractivity contribution < 1.29 is 14.0 Å². The topological polar surface area (TPSA) is 81.5 Å². The van der Waals surface area contributed by atoms with Crippen LogP contribution in [0.15, 0.2) is 0 Å². The smallest absolute Gasteiger partial charge is 0.327 e. The molecular formula is C9H24NO3P. The van der Waals surface area contributed by atoms with Crippen molar-refractivity contribution in [3.05, 3.63) is 0 Å². The molecule has 0 aliphatic rings. The van der Waals surface area contributed by atoms with Crippen LogP contribution in [0.2, 0.25) is 0 Å². The van der Waals surface area contributed by atoms with Crippen LogP contribution in [0.4, 0.5) is 0 Å². The molecule has 1 atom stereocenters. The van der Waals surface area contributed by atoms with E-state index in [1.165, 1.54) is 26.4 Å². The van der Waals surface area contributed by atoms with Gasteiger partial charge in [-0.2, -0.15) is 0 Å². The summed E-state index contributed by atoms with van der Waals surface area (Å²) in [4.78, 5) is 9.06. The van der Waals surface area contributed by atoms with Gasteiger partial charge in [-0.05, 0) is 6.42 Å². The Bertz CT molecular complexity index is 164. The van der Waals surface area contributed by atoms with Gasteiger partial charge in [0.2, 0.25) is 0 Å². The zero-order valence-corrected chi connectivity index (χ0v) is 10.3. The van der Waals surface area contributed by atoms with Gasteiger partial charge in [-0.25, -0.2) is 0 Å². The fraction of sp³-hybridized carbons (Fsp3) is 1.00. The Hall–Kier alpha value is 0.110. The monoisotopic (exact) mass is 225 g/mol. The molecule has 0 rings (SSSR count). The highest BCUT2D eigenvalue weighted by atomic mass is 31.2. The summed E-state index contributed by atoms with van der Waals surface area (Å²) in [6, 6.07) is 0. The van der Waals surface area contributed by atoms with E-state index in [2.05, 4.69) is 11.4 Å². The molecule has 0 aliphatic heterocycles. The van der Waals surface area contributed by atoms with E-state index in [0.29, 0.717) is 6.16 Å². The minimum Gasteiger partial charge on any atom is -0.344 e. The van der Waals surface area contributed by atoms with Gasteiger partial charge in [0.25, 0.3) is 0 Å². The van der Waals surface area contributed by atoms with Gasteiger partial charge in [0.1, 0.15) is 0 Å². The molecule has 0 aromatic carbocycles. The van der Waals surface area contributed by atoms with Crippen LogP contribution in [0.25, 0.3) is 0 Å². The standard InChI is InChI=1S/C9H21O3P.H3N/c1-3-4-5-6-7-8-9-13(10,11)12-2;/h3-9H2,1-2H3,(H,10,11);1H3. The van der Waals surface area contributed by atoms with Crippen molar-refractivity contribution >= 4 is 7.60 Å². The molecule has 0 heterocycles. The molecule has 0 amide bonds. The maximum atomic E-state index is 11.0. The lowest BCUT2D eigenvalue weighted by atomic mass is 10.1. The largest absolute Gasteiger partial charge is 0.344 e. The Labute approximate surface area is 87.2 Å². The lowest BCUT2D eigenvalue weighted by molar-refractivity contribution is 0.314. The second kappa shape index (κ2) is 9.66. The summed E-state index contributed by atoms with van der Waals surface area (Å²) in [5, 5.41) is 0. The van der Waals surface area contributed by atoms with Crippen molar-refractivity contribution in [3.8, 4) is 0 Å². The molecular weight excluding hydrogens is 201 g/mol. The van der Waals surface area contributed by atoms with Crippen LogP contribution in [0.3, 0.4) is 0 Å². The van der Waals surface area contributed by atoms with E-state index in [1.54, 1.807) is 0 Å². The van der Waals surface area contributed by atoms with Crippen LogP contribution < -0.4 is 6.15 Å². The van der Waals surface area contributed by atoms with Gasteiger partial charge in [-0.3, -0.25) is 4.57 Å². The van der Waals surface area contributed by atoms with Crippen LogP contribution in [-0.2, 0) is 9.09 Å². The number of hydrogen-bond donors (Lipinski definition) is 2. The summed E-state index contributed by atoms with van der Waals surface area (Å²) >= 11 is 0. The number of rotatable bonds is 8. The van der Waals surface area contributed by atoms with Gasteiger partial charge in [0.05, 0.1) is 0 Å². The third-order valence-corrected chi connectivity index (χ3v) is 3.53. The molecule has 4 N–H and O–H groups in total. The molecule has 88 valence electrons. The quantitative estimate of drug-likeness (QED) is 0.490. The Morgan fingerprint density at radius 1 is 1.14 bits per heavy atom. The van der Waals surface area contributed by atoms with Gasteiger partial charge < -0.3 is 15.6 Å². The average Bonchev–Trinajstić information content (AvgIpc) is 2.11. The first-order chi connectivity index (χ1) is 6.12. The predicted molar refractivity (Wildman–Crippen MR) is 60.1 cm³/mol.